The molecule has 0 spiro atoms. The van der Waals surface area contributed by atoms with E-state index in [2.05, 4.69) is 10.6 Å². The molecule has 2 aromatic rings. The summed E-state index contributed by atoms with van der Waals surface area (Å²) in [5.74, 6) is 0.281. The van der Waals surface area contributed by atoms with Gasteiger partial charge in [-0.3, -0.25) is 9.59 Å². The molecule has 5 nitrogen and oxygen atoms in total. The predicted octanol–water partition coefficient (Wildman–Crippen LogP) is 2.52. The number of hydrogen-bond donors (Lipinski definition) is 2. The average molecular weight is 304 g/mol. The number of ether oxygens (including phenoxy) is 1. The molecule has 0 atom stereocenters. The summed E-state index contributed by atoms with van der Waals surface area (Å²) in [4.78, 5) is 23.8. The van der Waals surface area contributed by atoms with E-state index in [0.29, 0.717) is 22.9 Å². The molecule has 0 saturated heterocycles. The molecular formula is C15H16N2O3S. The number of carbonyl (C=O) groups excluding carboxylic acids is 2. The molecule has 0 aliphatic carbocycles. The van der Waals surface area contributed by atoms with Crippen LogP contribution >= 0.6 is 11.3 Å². The molecule has 0 bridgehead atoms. The molecule has 0 saturated carbocycles. The maximum atomic E-state index is 11.9. The molecule has 2 amide bonds. The van der Waals surface area contributed by atoms with Gasteiger partial charge in [0.05, 0.1) is 4.88 Å². The first-order valence-electron chi connectivity index (χ1n) is 6.53. The molecule has 0 radical (unpaired) electrons. The van der Waals surface area contributed by atoms with Crippen LogP contribution in [0.4, 0.5) is 5.69 Å². The zero-order chi connectivity index (χ0) is 15.1. The minimum Gasteiger partial charge on any atom is -0.484 e. The molecule has 0 fully saturated rings. The normalized spacial score (nSPS) is 9.95. The third-order valence-electron chi connectivity index (χ3n) is 2.60. The van der Waals surface area contributed by atoms with E-state index in [1.165, 1.54) is 11.3 Å². The molecule has 0 aliphatic rings. The van der Waals surface area contributed by atoms with Crippen molar-refractivity contribution in [2.45, 2.75) is 6.92 Å². The Morgan fingerprint density at radius 2 is 1.95 bits per heavy atom. The summed E-state index contributed by atoms with van der Waals surface area (Å²) >= 11 is 1.39. The second-order valence-electron chi connectivity index (χ2n) is 4.20. The summed E-state index contributed by atoms with van der Waals surface area (Å²) in [5, 5.41) is 7.30. The van der Waals surface area contributed by atoms with Gasteiger partial charge in [0.1, 0.15) is 5.75 Å². The first kappa shape index (κ1) is 15.1. The van der Waals surface area contributed by atoms with E-state index in [0.717, 1.165) is 0 Å². The van der Waals surface area contributed by atoms with Gasteiger partial charge in [-0.05, 0) is 42.6 Å². The van der Waals surface area contributed by atoms with Gasteiger partial charge < -0.3 is 15.4 Å². The SMILES string of the molecule is CCNC(=O)COc1ccc(NC(=O)c2cccs2)cc1. The van der Waals surface area contributed by atoms with Gasteiger partial charge >= 0.3 is 0 Å². The van der Waals surface area contributed by atoms with E-state index in [-0.39, 0.29) is 18.4 Å². The Bertz CT molecular complexity index is 594. The smallest absolute Gasteiger partial charge is 0.265 e. The van der Waals surface area contributed by atoms with Crippen LogP contribution in [0.2, 0.25) is 0 Å². The summed E-state index contributed by atoms with van der Waals surface area (Å²) in [6.07, 6.45) is 0. The number of thiophene rings is 1. The van der Waals surface area contributed by atoms with Crippen molar-refractivity contribution in [2.75, 3.05) is 18.5 Å². The Labute approximate surface area is 126 Å². The number of benzene rings is 1. The van der Waals surface area contributed by atoms with E-state index >= 15 is 0 Å². The fourth-order valence-electron chi connectivity index (χ4n) is 1.63. The number of amides is 2. The van der Waals surface area contributed by atoms with Gasteiger partial charge in [-0.25, -0.2) is 0 Å². The summed E-state index contributed by atoms with van der Waals surface area (Å²) in [6, 6.07) is 10.5. The fraction of sp³-hybridized carbons (Fsp3) is 0.200. The van der Waals surface area contributed by atoms with E-state index in [9.17, 15) is 9.59 Å². The van der Waals surface area contributed by atoms with Crippen LogP contribution in [0.5, 0.6) is 5.75 Å². The van der Waals surface area contributed by atoms with Crippen LogP contribution in [0.1, 0.15) is 16.6 Å². The Morgan fingerprint density at radius 1 is 1.19 bits per heavy atom. The van der Waals surface area contributed by atoms with Crippen LogP contribution < -0.4 is 15.4 Å². The van der Waals surface area contributed by atoms with Gasteiger partial charge in [0.15, 0.2) is 6.61 Å². The highest BCUT2D eigenvalue weighted by Crippen LogP contribution is 2.17. The monoisotopic (exact) mass is 304 g/mol. The van der Waals surface area contributed by atoms with E-state index in [1.807, 2.05) is 18.4 Å². The lowest BCUT2D eigenvalue weighted by molar-refractivity contribution is -0.122. The Morgan fingerprint density at radius 3 is 2.57 bits per heavy atom. The van der Waals surface area contributed by atoms with Gasteiger partial charge in [0.2, 0.25) is 0 Å². The maximum Gasteiger partial charge on any atom is 0.265 e. The highest BCUT2D eigenvalue weighted by molar-refractivity contribution is 7.12. The average Bonchev–Trinajstić information content (AvgIpc) is 3.01. The molecule has 2 rings (SSSR count). The first-order chi connectivity index (χ1) is 10.2. The molecule has 6 heteroatoms. The van der Waals surface area contributed by atoms with Crippen LogP contribution in [0.3, 0.4) is 0 Å². The fourth-order valence-corrected chi connectivity index (χ4v) is 2.25. The van der Waals surface area contributed by atoms with Crippen molar-refractivity contribution in [3.05, 3.63) is 46.7 Å². The maximum absolute atomic E-state index is 11.9. The molecule has 0 aliphatic heterocycles. The van der Waals surface area contributed by atoms with E-state index in [4.69, 9.17) is 4.74 Å². The lowest BCUT2D eigenvalue weighted by atomic mass is 10.3. The summed E-state index contributed by atoms with van der Waals surface area (Å²) in [5.41, 5.74) is 0.679. The number of carbonyl (C=O) groups is 2. The van der Waals surface area contributed by atoms with Crippen molar-refractivity contribution in [2.24, 2.45) is 0 Å². The lowest BCUT2D eigenvalue weighted by Gasteiger charge is -2.07. The van der Waals surface area contributed by atoms with Crippen molar-refractivity contribution in [1.29, 1.82) is 0 Å². The lowest BCUT2D eigenvalue weighted by Crippen LogP contribution is -2.28. The second-order valence-corrected chi connectivity index (χ2v) is 5.15. The van der Waals surface area contributed by atoms with Crippen LogP contribution in [-0.2, 0) is 4.79 Å². The molecule has 1 aromatic heterocycles. The molecular weight excluding hydrogens is 288 g/mol. The highest BCUT2D eigenvalue weighted by atomic mass is 32.1. The van der Waals surface area contributed by atoms with Crippen molar-refractivity contribution >= 4 is 28.8 Å². The van der Waals surface area contributed by atoms with Gasteiger partial charge in [-0.15, -0.1) is 11.3 Å². The third-order valence-corrected chi connectivity index (χ3v) is 3.47. The third kappa shape index (κ3) is 4.61. The number of nitrogens with one attached hydrogen (secondary N) is 2. The van der Waals surface area contributed by atoms with Crippen LogP contribution in [-0.4, -0.2) is 25.0 Å². The minimum atomic E-state index is -0.160. The summed E-state index contributed by atoms with van der Waals surface area (Å²) < 4.78 is 5.33. The van der Waals surface area contributed by atoms with Gasteiger partial charge in [-0.2, -0.15) is 0 Å². The largest absolute Gasteiger partial charge is 0.484 e. The van der Waals surface area contributed by atoms with Crippen LogP contribution in [0.15, 0.2) is 41.8 Å². The Kier molecular flexibility index (Phi) is 5.34. The molecule has 21 heavy (non-hydrogen) atoms. The van der Waals surface area contributed by atoms with Crippen LogP contribution in [0, 0.1) is 0 Å². The minimum absolute atomic E-state index is 0.0191. The number of rotatable bonds is 6. The quantitative estimate of drug-likeness (QED) is 0.861. The molecule has 110 valence electrons. The van der Waals surface area contributed by atoms with Crippen molar-refractivity contribution in [3.63, 3.8) is 0 Å². The molecule has 2 N–H and O–H groups in total. The standard InChI is InChI=1S/C15H16N2O3S/c1-2-16-14(18)10-20-12-7-5-11(6-8-12)17-15(19)13-4-3-9-21-13/h3-9H,2,10H2,1H3,(H,16,18)(H,17,19). The van der Waals surface area contributed by atoms with E-state index in [1.54, 1.807) is 30.3 Å². The molecule has 0 unspecified atom stereocenters. The number of anilines is 1. The van der Waals surface area contributed by atoms with Crippen molar-refractivity contribution in [3.8, 4) is 5.75 Å². The Hall–Kier alpha value is -2.34. The zero-order valence-corrected chi connectivity index (χ0v) is 12.4. The van der Waals surface area contributed by atoms with Gasteiger partial charge in [-0.1, -0.05) is 6.07 Å². The van der Waals surface area contributed by atoms with Crippen LogP contribution in [0.25, 0.3) is 0 Å². The number of hydrogen-bond acceptors (Lipinski definition) is 4. The van der Waals surface area contributed by atoms with Gasteiger partial charge in [0.25, 0.3) is 11.8 Å². The Balaban J connectivity index is 1.87. The topological polar surface area (TPSA) is 67.4 Å². The first-order valence-corrected chi connectivity index (χ1v) is 7.41. The van der Waals surface area contributed by atoms with Crippen molar-refractivity contribution in [1.82, 2.24) is 5.32 Å². The van der Waals surface area contributed by atoms with Crippen molar-refractivity contribution < 1.29 is 14.3 Å². The summed E-state index contributed by atoms with van der Waals surface area (Å²) in [6.45, 7) is 2.41. The molecule has 1 aromatic carbocycles. The second kappa shape index (κ2) is 7.44. The summed E-state index contributed by atoms with van der Waals surface area (Å²) in [7, 11) is 0. The highest BCUT2D eigenvalue weighted by Gasteiger charge is 2.07. The number of likely N-dealkylation sites (N-methyl/N-ethyl adjacent to an activating group) is 1. The van der Waals surface area contributed by atoms with E-state index < -0.39 is 0 Å². The van der Waals surface area contributed by atoms with Gasteiger partial charge in [0, 0.05) is 12.2 Å². The molecule has 1 heterocycles. The zero-order valence-electron chi connectivity index (χ0n) is 11.6. The predicted molar refractivity (Wildman–Crippen MR) is 82.9 cm³/mol.